The van der Waals surface area contributed by atoms with Crippen LogP contribution < -0.4 is 19.7 Å². The van der Waals surface area contributed by atoms with Crippen molar-refractivity contribution in [3.8, 4) is 11.5 Å². The first-order valence-corrected chi connectivity index (χ1v) is 10.1. The summed E-state index contributed by atoms with van der Waals surface area (Å²) < 4.78 is 23.9. The van der Waals surface area contributed by atoms with E-state index in [1.165, 1.54) is 19.2 Å². The van der Waals surface area contributed by atoms with Gasteiger partial charge in [-0.05, 0) is 49.1 Å². The minimum Gasteiger partial charge on any atom is -0.493 e. The summed E-state index contributed by atoms with van der Waals surface area (Å²) in [6, 6.07) is 11.6. The van der Waals surface area contributed by atoms with Gasteiger partial charge in [-0.1, -0.05) is 12.1 Å². The van der Waals surface area contributed by atoms with E-state index in [1.54, 1.807) is 42.3 Å². The molecule has 2 aliphatic rings. The molecule has 1 aliphatic carbocycles. The van der Waals surface area contributed by atoms with Crippen molar-refractivity contribution < 1.29 is 23.5 Å². The van der Waals surface area contributed by atoms with Crippen LogP contribution in [0.4, 0.5) is 10.1 Å². The van der Waals surface area contributed by atoms with Crippen molar-refractivity contribution in [2.24, 2.45) is 5.92 Å². The van der Waals surface area contributed by atoms with Gasteiger partial charge in [0.05, 0.1) is 25.7 Å². The Balaban J connectivity index is 1.48. The van der Waals surface area contributed by atoms with Crippen molar-refractivity contribution in [2.75, 3.05) is 25.7 Å². The highest BCUT2D eigenvalue weighted by Crippen LogP contribution is 2.42. The van der Waals surface area contributed by atoms with Gasteiger partial charge >= 0.3 is 0 Å². The molecule has 0 spiro atoms. The van der Waals surface area contributed by atoms with E-state index in [0.29, 0.717) is 23.7 Å². The predicted molar refractivity (Wildman–Crippen MR) is 110 cm³/mol. The van der Waals surface area contributed by atoms with Crippen LogP contribution in [0.5, 0.6) is 11.5 Å². The maximum Gasteiger partial charge on any atom is 0.227 e. The average Bonchev–Trinajstić information content (AvgIpc) is 3.12. The van der Waals surface area contributed by atoms with Crippen LogP contribution in [0.1, 0.15) is 31.2 Å². The minimum atomic E-state index is -0.468. The van der Waals surface area contributed by atoms with Crippen LogP contribution in [-0.2, 0) is 15.1 Å². The second-order valence-electron chi connectivity index (χ2n) is 7.88. The van der Waals surface area contributed by atoms with E-state index in [-0.39, 0.29) is 24.1 Å². The van der Waals surface area contributed by atoms with Gasteiger partial charge in [-0.15, -0.1) is 0 Å². The summed E-state index contributed by atoms with van der Waals surface area (Å²) in [6.45, 7) is 0.305. The molecule has 2 aromatic rings. The van der Waals surface area contributed by atoms with Gasteiger partial charge in [-0.3, -0.25) is 9.59 Å². The zero-order chi connectivity index (χ0) is 21.3. The van der Waals surface area contributed by atoms with Crippen molar-refractivity contribution in [1.82, 2.24) is 5.32 Å². The fourth-order valence-corrected chi connectivity index (χ4v) is 4.25. The van der Waals surface area contributed by atoms with Gasteiger partial charge in [0.2, 0.25) is 11.8 Å². The lowest BCUT2D eigenvalue weighted by atomic mass is 9.71. The zero-order valence-electron chi connectivity index (χ0n) is 17.1. The highest BCUT2D eigenvalue weighted by molar-refractivity contribution is 6.00. The number of nitrogens with zero attached hydrogens (tertiary/aromatic N) is 1. The van der Waals surface area contributed by atoms with Gasteiger partial charge in [0, 0.05) is 24.7 Å². The largest absolute Gasteiger partial charge is 0.493 e. The molecule has 158 valence electrons. The molecule has 1 heterocycles. The summed E-state index contributed by atoms with van der Waals surface area (Å²) in [5, 5.41) is 3.16. The summed E-state index contributed by atoms with van der Waals surface area (Å²) >= 11 is 0. The molecule has 2 aromatic carbocycles. The van der Waals surface area contributed by atoms with Crippen LogP contribution >= 0.6 is 0 Å². The molecular weight excluding hydrogens is 387 g/mol. The maximum absolute atomic E-state index is 13.3. The molecule has 0 radical (unpaired) electrons. The number of halogens is 1. The summed E-state index contributed by atoms with van der Waals surface area (Å²) in [5.41, 5.74) is 1.11. The topological polar surface area (TPSA) is 67.9 Å². The molecule has 1 N–H and O–H groups in total. The monoisotopic (exact) mass is 412 g/mol. The van der Waals surface area contributed by atoms with Crippen LogP contribution in [0.25, 0.3) is 0 Å². The predicted octanol–water partition coefficient (Wildman–Crippen LogP) is 3.39. The third-order valence-corrected chi connectivity index (χ3v) is 6.14. The van der Waals surface area contributed by atoms with Crippen LogP contribution in [0.3, 0.4) is 0 Å². The first kappa shape index (κ1) is 20.2. The molecule has 1 saturated heterocycles. The van der Waals surface area contributed by atoms with Crippen LogP contribution in [-0.4, -0.2) is 32.6 Å². The lowest BCUT2D eigenvalue weighted by Crippen LogP contribution is -2.52. The fourth-order valence-electron chi connectivity index (χ4n) is 4.25. The first-order valence-electron chi connectivity index (χ1n) is 10.1. The zero-order valence-corrected chi connectivity index (χ0v) is 17.1. The smallest absolute Gasteiger partial charge is 0.227 e. The number of rotatable bonds is 6. The maximum atomic E-state index is 13.3. The number of benzene rings is 2. The normalized spacial score (nSPS) is 19.9. The van der Waals surface area contributed by atoms with Gasteiger partial charge in [0.1, 0.15) is 5.82 Å². The quantitative estimate of drug-likeness (QED) is 0.790. The van der Waals surface area contributed by atoms with E-state index in [9.17, 15) is 14.0 Å². The van der Waals surface area contributed by atoms with Crippen molar-refractivity contribution in [3.63, 3.8) is 0 Å². The molecule has 6 nitrogen and oxygen atoms in total. The third kappa shape index (κ3) is 3.60. The molecule has 0 aromatic heterocycles. The van der Waals surface area contributed by atoms with Crippen LogP contribution in [0.2, 0.25) is 0 Å². The number of hydrogen-bond acceptors (Lipinski definition) is 4. The molecule has 4 rings (SSSR count). The summed E-state index contributed by atoms with van der Waals surface area (Å²) in [4.78, 5) is 27.3. The molecule has 2 fully saturated rings. The van der Waals surface area contributed by atoms with Crippen molar-refractivity contribution >= 4 is 17.5 Å². The van der Waals surface area contributed by atoms with E-state index < -0.39 is 11.5 Å². The van der Waals surface area contributed by atoms with Crippen molar-refractivity contribution in [3.05, 3.63) is 53.8 Å². The third-order valence-electron chi connectivity index (χ3n) is 6.14. The average molecular weight is 412 g/mol. The van der Waals surface area contributed by atoms with E-state index in [4.69, 9.17) is 9.47 Å². The number of carbonyl (C=O) groups is 2. The Morgan fingerprint density at radius 2 is 1.80 bits per heavy atom. The molecule has 0 bridgehead atoms. The second kappa shape index (κ2) is 7.97. The molecule has 1 unspecified atom stereocenters. The van der Waals surface area contributed by atoms with Gasteiger partial charge in [-0.25, -0.2) is 4.39 Å². The molecule has 1 saturated carbocycles. The fraction of sp³-hybridized carbons (Fsp3) is 0.391. The minimum absolute atomic E-state index is 0.105. The van der Waals surface area contributed by atoms with Crippen molar-refractivity contribution in [1.29, 1.82) is 0 Å². The van der Waals surface area contributed by atoms with Crippen LogP contribution in [0, 0.1) is 11.7 Å². The first-order chi connectivity index (χ1) is 14.5. The Kier molecular flexibility index (Phi) is 5.37. The van der Waals surface area contributed by atoms with Gasteiger partial charge in [-0.2, -0.15) is 0 Å². The highest BCUT2D eigenvalue weighted by Gasteiger charge is 2.43. The lowest BCUT2D eigenvalue weighted by molar-refractivity contribution is -0.129. The van der Waals surface area contributed by atoms with Gasteiger partial charge in [0.25, 0.3) is 0 Å². The van der Waals surface area contributed by atoms with E-state index in [2.05, 4.69) is 5.32 Å². The Morgan fingerprint density at radius 1 is 1.10 bits per heavy atom. The Hall–Kier alpha value is -3.09. The molecule has 1 atom stereocenters. The number of carbonyl (C=O) groups excluding carboxylic acids is 2. The van der Waals surface area contributed by atoms with E-state index in [1.807, 2.05) is 0 Å². The highest BCUT2D eigenvalue weighted by atomic mass is 19.1. The Labute approximate surface area is 175 Å². The standard InChI is InChI=1S/C23H25FN2O4/c1-29-19-9-8-18(13-20(19)30-2)26-14-15(12-21(26)27)22(28)25-23(10-3-11-23)16-4-6-17(24)7-5-16/h4-9,13,15H,3,10-12,14H2,1-2H3,(H,25,28). The molecule has 30 heavy (non-hydrogen) atoms. The van der Waals surface area contributed by atoms with Gasteiger partial charge in [0.15, 0.2) is 11.5 Å². The van der Waals surface area contributed by atoms with E-state index in [0.717, 1.165) is 24.8 Å². The molecule has 1 aliphatic heterocycles. The summed E-state index contributed by atoms with van der Waals surface area (Å²) in [7, 11) is 3.09. The molecular formula is C23H25FN2O4. The number of nitrogens with one attached hydrogen (secondary N) is 1. The molecule has 2 amide bonds. The number of ether oxygens (including phenoxy) is 2. The van der Waals surface area contributed by atoms with Crippen molar-refractivity contribution in [2.45, 2.75) is 31.2 Å². The summed E-state index contributed by atoms with van der Waals surface area (Å²) in [5.74, 6) is 0.117. The summed E-state index contributed by atoms with van der Waals surface area (Å²) in [6.07, 6.45) is 2.77. The number of hydrogen-bond donors (Lipinski definition) is 1. The number of amides is 2. The number of methoxy groups -OCH3 is 2. The lowest BCUT2D eigenvalue weighted by Gasteiger charge is -2.43. The Bertz CT molecular complexity index is 956. The van der Waals surface area contributed by atoms with E-state index >= 15 is 0 Å². The second-order valence-corrected chi connectivity index (χ2v) is 7.88. The Morgan fingerprint density at radius 3 is 2.40 bits per heavy atom. The SMILES string of the molecule is COc1ccc(N2CC(C(=O)NC3(c4ccc(F)cc4)CCC3)CC2=O)cc1OC. The van der Waals surface area contributed by atoms with Gasteiger partial charge < -0.3 is 19.7 Å². The molecule has 7 heteroatoms. The number of anilines is 1. The van der Waals surface area contributed by atoms with Crippen LogP contribution in [0.15, 0.2) is 42.5 Å².